The summed E-state index contributed by atoms with van der Waals surface area (Å²) in [6, 6.07) is -1.49. The molecule has 6 amide bonds. The predicted molar refractivity (Wildman–Crippen MR) is 115 cm³/mol. The molecule has 9 heteroatoms. The summed E-state index contributed by atoms with van der Waals surface area (Å²) in [6.07, 6.45) is 7.23. The van der Waals surface area contributed by atoms with Crippen LogP contribution in [0.1, 0.15) is 72.1 Å². The van der Waals surface area contributed by atoms with E-state index in [1.54, 1.807) is 0 Å². The highest BCUT2D eigenvalue weighted by Crippen LogP contribution is 2.35. The molecule has 2 fully saturated rings. The molecular weight excluding hydrogens is 400 g/mol. The van der Waals surface area contributed by atoms with Gasteiger partial charge in [-0.2, -0.15) is 4.48 Å². The molecule has 1 aliphatic carbocycles. The van der Waals surface area contributed by atoms with E-state index < -0.39 is 22.5 Å². The molecule has 0 radical (unpaired) electrons. The van der Waals surface area contributed by atoms with Gasteiger partial charge < -0.3 is 5.32 Å². The fraction of sp³-hybridized carbons (Fsp3) is 0.818. The zero-order valence-corrected chi connectivity index (χ0v) is 19.1. The highest BCUT2D eigenvalue weighted by Gasteiger charge is 2.55. The number of amides is 6. The van der Waals surface area contributed by atoms with E-state index >= 15 is 0 Å². The van der Waals surface area contributed by atoms with Crippen molar-refractivity contribution >= 4 is 24.4 Å². The summed E-state index contributed by atoms with van der Waals surface area (Å²) in [5.41, 5.74) is 0. The maximum absolute atomic E-state index is 13.8. The summed E-state index contributed by atoms with van der Waals surface area (Å²) in [4.78, 5) is 50.3. The third-order valence-electron chi connectivity index (χ3n) is 6.84. The van der Waals surface area contributed by atoms with Crippen LogP contribution < -0.4 is 10.6 Å². The first-order chi connectivity index (χ1) is 14.7. The number of likely N-dealkylation sites (tertiary alicyclic amines) is 1. The number of imide groups is 2. The van der Waals surface area contributed by atoms with Crippen LogP contribution in [0.2, 0.25) is 0 Å². The number of hydroxylamine groups is 2. The van der Waals surface area contributed by atoms with Gasteiger partial charge in [0.1, 0.15) is 6.04 Å². The largest absolute Gasteiger partial charge is 0.432 e. The maximum atomic E-state index is 13.8. The fourth-order valence-corrected chi connectivity index (χ4v) is 5.02. The molecule has 2 aliphatic rings. The summed E-state index contributed by atoms with van der Waals surface area (Å²) in [5, 5.41) is 15.4. The lowest BCUT2D eigenvalue weighted by Gasteiger charge is -2.36. The minimum Gasteiger partial charge on any atom is -0.338 e. The molecule has 9 nitrogen and oxygen atoms in total. The molecule has 0 spiro atoms. The van der Waals surface area contributed by atoms with Crippen LogP contribution >= 0.6 is 0 Å². The SMILES string of the molecule is CC(C)CCNC(=O)NC(=O)[N+]1(C(=O)[C@H](CC2CCCC2)CN(O)C=O)CCC[C@H]1C. The van der Waals surface area contributed by atoms with E-state index in [-0.39, 0.29) is 24.9 Å². The van der Waals surface area contributed by atoms with E-state index in [2.05, 4.69) is 10.6 Å². The lowest BCUT2D eigenvalue weighted by molar-refractivity contribution is -0.786. The van der Waals surface area contributed by atoms with E-state index in [0.717, 1.165) is 32.1 Å². The van der Waals surface area contributed by atoms with Gasteiger partial charge in [0.15, 0.2) is 0 Å². The van der Waals surface area contributed by atoms with Crippen molar-refractivity contribution < 1.29 is 28.9 Å². The summed E-state index contributed by atoms with van der Waals surface area (Å²) >= 11 is 0. The van der Waals surface area contributed by atoms with E-state index in [1.807, 2.05) is 20.8 Å². The molecule has 0 bridgehead atoms. The van der Waals surface area contributed by atoms with Crippen LogP contribution in [0.4, 0.5) is 9.59 Å². The second-order valence-corrected chi connectivity index (χ2v) is 9.60. The first-order valence-corrected chi connectivity index (χ1v) is 11.6. The second kappa shape index (κ2) is 11.6. The van der Waals surface area contributed by atoms with E-state index in [9.17, 15) is 24.4 Å². The van der Waals surface area contributed by atoms with Gasteiger partial charge in [-0.05, 0) is 31.6 Å². The molecule has 1 unspecified atom stereocenters. The van der Waals surface area contributed by atoms with Gasteiger partial charge in [-0.3, -0.25) is 10.0 Å². The maximum Gasteiger partial charge on any atom is 0.432 e. The lowest BCUT2D eigenvalue weighted by Crippen LogP contribution is -2.66. The molecule has 0 aromatic heterocycles. The van der Waals surface area contributed by atoms with Gasteiger partial charge in [0.2, 0.25) is 6.41 Å². The number of urea groups is 2. The second-order valence-electron chi connectivity index (χ2n) is 9.60. The molecular formula is C22H39N4O5+. The van der Waals surface area contributed by atoms with Crippen LogP contribution in [-0.4, -0.2) is 64.8 Å². The Hall–Kier alpha value is -2.00. The van der Waals surface area contributed by atoms with Crippen molar-refractivity contribution in [3.63, 3.8) is 0 Å². The Balaban J connectivity index is 2.18. The van der Waals surface area contributed by atoms with Gasteiger partial charge in [-0.15, -0.1) is 0 Å². The first-order valence-electron chi connectivity index (χ1n) is 11.6. The number of nitrogens with zero attached hydrogens (tertiary/aromatic N) is 2. The highest BCUT2D eigenvalue weighted by molar-refractivity contribution is 5.95. The van der Waals surface area contributed by atoms with Crippen LogP contribution in [-0.2, 0) is 9.59 Å². The minimum absolute atomic E-state index is 0.139. The molecule has 1 saturated heterocycles. The van der Waals surface area contributed by atoms with Crippen LogP contribution in [0.3, 0.4) is 0 Å². The zero-order valence-electron chi connectivity index (χ0n) is 19.1. The summed E-state index contributed by atoms with van der Waals surface area (Å²) in [6.45, 7) is 6.57. The average Bonchev–Trinajstić information content (AvgIpc) is 3.36. The standard InChI is InChI=1S/C22H38N4O5/c1-16(2)10-11-23-21(29)24-22(30)26(12-6-7-17(26)3)20(28)19(14-25(31)15-27)13-18-8-4-5-9-18/h15-19,31H,4-14H2,1-3H3,(H-,23,24,29,30)/p+1/t17-,19-,26?/m1/s1. The number of carbonyl (C=O) groups excluding carboxylic acids is 4. The Morgan fingerprint density at radius 1 is 1.16 bits per heavy atom. The highest BCUT2D eigenvalue weighted by atomic mass is 16.5. The van der Waals surface area contributed by atoms with E-state index in [0.29, 0.717) is 49.3 Å². The number of quaternary nitrogens is 1. The molecule has 31 heavy (non-hydrogen) atoms. The molecule has 2 rings (SSSR count). The minimum atomic E-state index is -0.659. The zero-order chi connectivity index (χ0) is 23.0. The average molecular weight is 440 g/mol. The molecule has 176 valence electrons. The van der Waals surface area contributed by atoms with Gasteiger partial charge in [0.25, 0.3) is 0 Å². The summed E-state index contributed by atoms with van der Waals surface area (Å²) in [5.74, 6) is -0.210. The fourth-order valence-electron chi connectivity index (χ4n) is 5.02. The lowest BCUT2D eigenvalue weighted by atomic mass is 9.91. The third-order valence-corrected chi connectivity index (χ3v) is 6.84. The van der Waals surface area contributed by atoms with Crippen LogP contribution in [0.25, 0.3) is 0 Å². The van der Waals surface area contributed by atoms with Gasteiger partial charge in [0.05, 0.1) is 19.0 Å². The molecule has 1 aliphatic heterocycles. The van der Waals surface area contributed by atoms with Crippen molar-refractivity contribution in [2.75, 3.05) is 19.6 Å². The number of carbonyl (C=O) groups is 4. The Kier molecular flexibility index (Phi) is 9.43. The molecule has 0 aromatic rings. The van der Waals surface area contributed by atoms with Crippen molar-refractivity contribution in [3.8, 4) is 0 Å². The topological polar surface area (TPSA) is 116 Å². The monoisotopic (exact) mass is 439 g/mol. The summed E-state index contributed by atoms with van der Waals surface area (Å²) in [7, 11) is 0. The molecule has 3 N–H and O–H groups in total. The predicted octanol–water partition coefficient (Wildman–Crippen LogP) is 3.02. The molecule has 3 atom stereocenters. The molecule has 1 heterocycles. The van der Waals surface area contributed by atoms with Gasteiger partial charge in [0, 0.05) is 19.4 Å². The van der Waals surface area contributed by atoms with E-state index in [4.69, 9.17) is 0 Å². The van der Waals surface area contributed by atoms with Crippen LogP contribution in [0.15, 0.2) is 0 Å². The first kappa shape index (κ1) is 25.3. The van der Waals surface area contributed by atoms with Crippen molar-refractivity contribution in [1.82, 2.24) is 15.7 Å². The van der Waals surface area contributed by atoms with Crippen molar-refractivity contribution in [2.45, 2.75) is 78.2 Å². The summed E-state index contributed by atoms with van der Waals surface area (Å²) < 4.78 is -0.457. The normalized spacial score (nSPS) is 24.7. The van der Waals surface area contributed by atoms with Gasteiger partial charge in [-0.25, -0.2) is 24.8 Å². The Labute approximate surface area is 185 Å². The van der Waals surface area contributed by atoms with Gasteiger partial charge in [-0.1, -0.05) is 39.5 Å². The van der Waals surface area contributed by atoms with Crippen LogP contribution in [0.5, 0.6) is 0 Å². The number of nitrogens with one attached hydrogen (secondary N) is 2. The Bertz CT molecular complexity index is 650. The Morgan fingerprint density at radius 2 is 1.84 bits per heavy atom. The quantitative estimate of drug-likeness (QED) is 0.221. The van der Waals surface area contributed by atoms with Gasteiger partial charge >= 0.3 is 18.0 Å². The molecule has 0 aromatic carbocycles. The third kappa shape index (κ3) is 6.49. The van der Waals surface area contributed by atoms with E-state index in [1.165, 1.54) is 0 Å². The Morgan fingerprint density at radius 3 is 2.39 bits per heavy atom. The van der Waals surface area contributed by atoms with Crippen molar-refractivity contribution in [1.29, 1.82) is 0 Å². The number of hydrogen-bond acceptors (Lipinski definition) is 5. The number of hydrogen-bond donors (Lipinski definition) is 3. The van der Waals surface area contributed by atoms with Crippen molar-refractivity contribution in [3.05, 3.63) is 0 Å². The molecule has 1 saturated carbocycles. The smallest absolute Gasteiger partial charge is 0.338 e. The van der Waals surface area contributed by atoms with Crippen molar-refractivity contribution in [2.24, 2.45) is 17.8 Å². The number of rotatable bonds is 9. The van der Waals surface area contributed by atoms with Crippen LogP contribution in [0, 0.1) is 17.8 Å².